The van der Waals surface area contributed by atoms with Gasteiger partial charge in [-0.05, 0) is 26.2 Å². The van der Waals surface area contributed by atoms with Crippen molar-refractivity contribution in [1.82, 2.24) is 4.57 Å². The van der Waals surface area contributed by atoms with Gasteiger partial charge in [0.15, 0.2) is 0 Å². The van der Waals surface area contributed by atoms with Crippen LogP contribution >= 0.6 is 11.3 Å². The topological polar surface area (TPSA) is 22.0 Å². The highest BCUT2D eigenvalue weighted by Crippen LogP contribution is 2.36. The molecule has 0 atom stereocenters. The summed E-state index contributed by atoms with van der Waals surface area (Å²) in [4.78, 5) is 12.9. The molecule has 0 unspecified atom stereocenters. The van der Waals surface area contributed by atoms with Gasteiger partial charge in [-0.15, -0.1) is 0 Å². The lowest BCUT2D eigenvalue weighted by atomic mass is 10.3. The molecule has 2 nitrogen and oxygen atoms in total. The van der Waals surface area contributed by atoms with Gasteiger partial charge in [0.05, 0.1) is 0 Å². The predicted octanol–water partition coefficient (Wildman–Crippen LogP) is 2.12. The van der Waals surface area contributed by atoms with Crippen molar-refractivity contribution in [3.63, 3.8) is 0 Å². The van der Waals surface area contributed by atoms with Crippen molar-refractivity contribution in [3.05, 3.63) is 20.2 Å². The van der Waals surface area contributed by atoms with E-state index in [2.05, 4.69) is 6.92 Å². The summed E-state index contributed by atoms with van der Waals surface area (Å²) in [7, 11) is 0. The Hall–Kier alpha value is -0.570. The fourth-order valence-corrected chi connectivity index (χ4v) is 2.62. The van der Waals surface area contributed by atoms with Crippen LogP contribution in [-0.4, -0.2) is 4.57 Å². The molecule has 0 bridgehead atoms. The second-order valence-electron chi connectivity index (χ2n) is 3.33. The Morgan fingerprint density at radius 2 is 2.25 bits per heavy atom. The molecular formula is C9H13NOS. The zero-order valence-corrected chi connectivity index (χ0v) is 8.28. The number of thiazole rings is 1. The average molecular weight is 183 g/mol. The lowest BCUT2D eigenvalue weighted by molar-refractivity contribution is 0.681. The van der Waals surface area contributed by atoms with Crippen molar-refractivity contribution in [2.45, 2.75) is 39.2 Å². The van der Waals surface area contributed by atoms with Crippen LogP contribution < -0.4 is 4.87 Å². The molecule has 1 heterocycles. The van der Waals surface area contributed by atoms with Crippen LogP contribution in [-0.2, 0) is 6.42 Å². The van der Waals surface area contributed by atoms with Crippen LogP contribution in [0.15, 0.2) is 4.79 Å². The molecule has 3 heteroatoms. The van der Waals surface area contributed by atoms with Gasteiger partial charge >= 0.3 is 4.87 Å². The van der Waals surface area contributed by atoms with E-state index in [0.29, 0.717) is 6.04 Å². The van der Waals surface area contributed by atoms with Crippen molar-refractivity contribution >= 4 is 11.3 Å². The summed E-state index contributed by atoms with van der Waals surface area (Å²) in [6, 6.07) is 0.539. The Balaban J connectivity index is 2.54. The third kappa shape index (κ3) is 1.12. The molecule has 1 aliphatic rings. The minimum atomic E-state index is 0.242. The van der Waals surface area contributed by atoms with E-state index in [1.54, 1.807) is 0 Å². The maximum absolute atomic E-state index is 11.5. The van der Waals surface area contributed by atoms with E-state index in [-0.39, 0.29) is 4.87 Å². The van der Waals surface area contributed by atoms with Crippen LogP contribution in [0.2, 0.25) is 0 Å². The van der Waals surface area contributed by atoms with Gasteiger partial charge in [-0.25, -0.2) is 0 Å². The molecule has 1 saturated carbocycles. The Bertz CT molecular complexity index is 346. The molecule has 1 fully saturated rings. The Morgan fingerprint density at radius 1 is 1.58 bits per heavy atom. The Labute approximate surface area is 75.8 Å². The highest BCUT2D eigenvalue weighted by Gasteiger charge is 2.27. The summed E-state index contributed by atoms with van der Waals surface area (Å²) < 4.78 is 2.00. The quantitative estimate of drug-likeness (QED) is 0.688. The number of aryl methyl sites for hydroxylation is 1. The minimum Gasteiger partial charge on any atom is -0.300 e. The van der Waals surface area contributed by atoms with E-state index < -0.39 is 0 Å². The minimum absolute atomic E-state index is 0.242. The third-order valence-electron chi connectivity index (χ3n) is 2.38. The van der Waals surface area contributed by atoms with Gasteiger partial charge in [0.25, 0.3) is 0 Å². The van der Waals surface area contributed by atoms with Gasteiger partial charge in [0, 0.05) is 16.6 Å². The summed E-state index contributed by atoms with van der Waals surface area (Å²) in [5.41, 5.74) is 1.26. The molecule has 1 aromatic heterocycles. The molecule has 0 aliphatic heterocycles. The monoisotopic (exact) mass is 183 g/mol. The number of hydrogen-bond donors (Lipinski definition) is 0. The fourth-order valence-electron chi connectivity index (χ4n) is 1.64. The molecule has 0 spiro atoms. The van der Waals surface area contributed by atoms with Crippen molar-refractivity contribution in [2.75, 3.05) is 0 Å². The van der Waals surface area contributed by atoms with E-state index in [0.717, 1.165) is 6.42 Å². The highest BCUT2D eigenvalue weighted by molar-refractivity contribution is 7.09. The molecule has 0 radical (unpaired) electrons. The van der Waals surface area contributed by atoms with Crippen molar-refractivity contribution < 1.29 is 0 Å². The first kappa shape index (κ1) is 8.05. The van der Waals surface area contributed by atoms with Gasteiger partial charge in [-0.1, -0.05) is 18.3 Å². The number of rotatable bonds is 2. The lowest BCUT2D eigenvalue weighted by Gasteiger charge is -2.03. The first-order valence-corrected chi connectivity index (χ1v) is 5.26. The van der Waals surface area contributed by atoms with Crippen LogP contribution in [0, 0.1) is 6.92 Å². The number of nitrogens with zero attached hydrogens (tertiary/aromatic N) is 1. The summed E-state index contributed by atoms with van der Waals surface area (Å²) >= 11 is 1.40. The third-order valence-corrected chi connectivity index (χ3v) is 3.29. The van der Waals surface area contributed by atoms with Crippen LogP contribution in [0.4, 0.5) is 0 Å². The van der Waals surface area contributed by atoms with Crippen molar-refractivity contribution in [1.29, 1.82) is 0 Å². The molecule has 0 N–H and O–H groups in total. The van der Waals surface area contributed by atoms with Gasteiger partial charge in [-0.3, -0.25) is 9.36 Å². The van der Waals surface area contributed by atoms with Gasteiger partial charge in [0.1, 0.15) is 0 Å². The van der Waals surface area contributed by atoms with E-state index in [1.165, 1.54) is 34.7 Å². The van der Waals surface area contributed by atoms with Crippen molar-refractivity contribution in [2.24, 2.45) is 0 Å². The molecule has 1 aromatic rings. The van der Waals surface area contributed by atoms with Gasteiger partial charge in [0.2, 0.25) is 0 Å². The smallest absolute Gasteiger partial charge is 0.300 e. The molecule has 1 aliphatic carbocycles. The zero-order valence-electron chi connectivity index (χ0n) is 7.46. The summed E-state index contributed by atoms with van der Waals surface area (Å²) in [6.07, 6.45) is 3.38. The first-order chi connectivity index (χ1) is 5.74. The average Bonchev–Trinajstić information content (AvgIpc) is 2.78. The maximum Gasteiger partial charge on any atom is 0.307 e. The Kier molecular flexibility index (Phi) is 1.83. The van der Waals surface area contributed by atoms with E-state index in [1.807, 2.05) is 11.5 Å². The molecule has 12 heavy (non-hydrogen) atoms. The molecule has 66 valence electrons. The Morgan fingerprint density at radius 3 is 2.75 bits per heavy atom. The zero-order chi connectivity index (χ0) is 8.72. The second-order valence-corrected chi connectivity index (χ2v) is 4.49. The van der Waals surface area contributed by atoms with Crippen LogP contribution in [0.1, 0.15) is 36.4 Å². The molecule has 0 amide bonds. The number of aromatic nitrogens is 1. The van der Waals surface area contributed by atoms with Crippen molar-refractivity contribution in [3.8, 4) is 0 Å². The summed E-state index contributed by atoms with van der Waals surface area (Å²) in [5.74, 6) is 0. The predicted molar refractivity (Wildman–Crippen MR) is 51.0 cm³/mol. The molecule has 0 saturated heterocycles. The summed E-state index contributed by atoms with van der Waals surface area (Å²) in [6.45, 7) is 4.16. The van der Waals surface area contributed by atoms with Crippen LogP contribution in [0.5, 0.6) is 0 Å². The first-order valence-electron chi connectivity index (χ1n) is 4.44. The van der Waals surface area contributed by atoms with E-state index >= 15 is 0 Å². The number of hydrogen-bond acceptors (Lipinski definition) is 2. The normalized spacial score (nSPS) is 16.8. The van der Waals surface area contributed by atoms with Crippen LogP contribution in [0.3, 0.4) is 0 Å². The van der Waals surface area contributed by atoms with E-state index in [4.69, 9.17) is 0 Å². The fraction of sp³-hybridized carbons (Fsp3) is 0.667. The standard InChI is InChI=1S/C9H13NOS/c1-3-8-6(2)12-9(11)10(8)7-4-5-7/h7H,3-5H2,1-2H3. The largest absolute Gasteiger partial charge is 0.307 e. The molecular weight excluding hydrogens is 170 g/mol. The van der Waals surface area contributed by atoms with Gasteiger partial charge < -0.3 is 0 Å². The van der Waals surface area contributed by atoms with Crippen LogP contribution in [0.25, 0.3) is 0 Å². The maximum atomic E-state index is 11.5. The van der Waals surface area contributed by atoms with E-state index in [9.17, 15) is 4.79 Å². The summed E-state index contributed by atoms with van der Waals surface area (Å²) in [5, 5.41) is 0. The van der Waals surface area contributed by atoms with Gasteiger partial charge in [-0.2, -0.15) is 0 Å². The lowest BCUT2D eigenvalue weighted by Crippen LogP contribution is -2.13. The second kappa shape index (κ2) is 2.73. The SMILES string of the molecule is CCc1c(C)sc(=O)n1C1CC1. The molecule has 0 aromatic carbocycles. The molecule has 2 rings (SSSR count). The highest BCUT2D eigenvalue weighted by atomic mass is 32.1.